The minimum Gasteiger partial charge on any atom is -0.308 e. The first-order chi connectivity index (χ1) is 11.1. The number of aryl methyl sites for hydroxylation is 1. The SMILES string of the molecule is Cc1ccn2c(NC(=O)Nc3ccc(C#N)c(Cl)c3)cccc12. The topological polar surface area (TPSA) is 69.3 Å². The van der Waals surface area contributed by atoms with Crippen LogP contribution in [0.15, 0.2) is 48.7 Å². The molecule has 0 fully saturated rings. The molecule has 0 aliphatic carbocycles. The average Bonchev–Trinajstić information content (AvgIpc) is 2.90. The van der Waals surface area contributed by atoms with Gasteiger partial charge in [0.05, 0.1) is 10.6 Å². The Bertz CT molecular complexity index is 939. The van der Waals surface area contributed by atoms with E-state index in [2.05, 4.69) is 10.6 Å². The minimum atomic E-state index is -0.385. The van der Waals surface area contributed by atoms with E-state index in [1.54, 1.807) is 18.2 Å². The molecule has 1 aromatic carbocycles. The second kappa shape index (κ2) is 6.03. The van der Waals surface area contributed by atoms with Crippen LogP contribution in [0.25, 0.3) is 5.52 Å². The van der Waals surface area contributed by atoms with Gasteiger partial charge in [-0.2, -0.15) is 5.26 Å². The predicted molar refractivity (Wildman–Crippen MR) is 90.9 cm³/mol. The van der Waals surface area contributed by atoms with E-state index >= 15 is 0 Å². The Labute approximate surface area is 138 Å². The van der Waals surface area contributed by atoms with Crippen LogP contribution in [0.5, 0.6) is 0 Å². The average molecular weight is 325 g/mol. The highest BCUT2D eigenvalue weighted by Gasteiger charge is 2.08. The summed E-state index contributed by atoms with van der Waals surface area (Å²) in [5, 5.41) is 14.6. The first kappa shape index (κ1) is 14.9. The minimum absolute atomic E-state index is 0.299. The largest absolute Gasteiger partial charge is 0.324 e. The summed E-state index contributed by atoms with van der Waals surface area (Å²) in [6, 6.07) is 14.0. The number of hydrogen-bond acceptors (Lipinski definition) is 2. The molecule has 3 aromatic rings. The molecule has 0 saturated carbocycles. The summed E-state index contributed by atoms with van der Waals surface area (Å²) in [6.45, 7) is 2.01. The van der Waals surface area contributed by atoms with Gasteiger partial charge in [-0.3, -0.25) is 5.32 Å². The zero-order valence-electron chi connectivity index (χ0n) is 12.3. The Morgan fingerprint density at radius 1 is 1.22 bits per heavy atom. The van der Waals surface area contributed by atoms with E-state index < -0.39 is 0 Å². The smallest absolute Gasteiger partial charge is 0.308 e. The molecule has 3 rings (SSSR count). The van der Waals surface area contributed by atoms with Crippen molar-refractivity contribution in [3.63, 3.8) is 0 Å². The van der Waals surface area contributed by atoms with E-state index in [0.29, 0.717) is 22.1 Å². The summed E-state index contributed by atoms with van der Waals surface area (Å²) in [5.74, 6) is 0.660. The van der Waals surface area contributed by atoms with Crippen LogP contribution in [0.4, 0.5) is 16.3 Å². The molecule has 2 heterocycles. The Hall–Kier alpha value is -2.97. The van der Waals surface area contributed by atoms with Gasteiger partial charge >= 0.3 is 6.03 Å². The third-order valence-corrected chi connectivity index (χ3v) is 3.81. The van der Waals surface area contributed by atoms with Crippen LogP contribution in [0.2, 0.25) is 5.02 Å². The highest BCUT2D eigenvalue weighted by Crippen LogP contribution is 2.21. The van der Waals surface area contributed by atoms with E-state index in [1.165, 1.54) is 0 Å². The van der Waals surface area contributed by atoms with E-state index in [1.807, 2.05) is 47.9 Å². The Morgan fingerprint density at radius 3 is 2.78 bits per heavy atom. The van der Waals surface area contributed by atoms with Gasteiger partial charge in [0.2, 0.25) is 0 Å². The van der Waals surface area contributed by atoms with Gasteiger partial charge in [0.25, 0.3) is 0 Å². The number of halogens is 1. The third kappa shape index (κ3) is 2.98. The number of hydrogen-bond donors (Lipinski definition) is 2. The Kier molecular flexibility index (Phi) is 3.92. The molecule has 2 N–H and O–H groups in total. The quantitative estimate of drug-likeness (QED) is 0.732. The molecule has 0 radical (unpaired) electrons. The third-order valence-electron chi connectivity index (χ3n) is 3.49. The molecule has 0 aliphatic rings. The first-order valence-electron chi connectivity index (χ1n) is 6.93. The van der Waals surface area contributed by atoms with Gasteiger partial charge in [0, 0.05) is 17.4 Å². The first-order valence-corrected chi connectivity index (χ1v) is 7.30. The number of aromatic nitrogens is 1. The van der Waals surface area contributed by atoms with Crippen LogP contribution in [0.1, 0.15) is 11.1 Å². The number of nitrogens with zero attached hydrogens (tertiary/aromatic N) is 2. The lowest BCUT2D eigenvalue weighted by Gasteiger charge is -2.10. The predicted octanol–water partition coefficient (Wildman–Crippen LogP) is 4.42. The number of rotatable bonds is 2. The number of benzene rings is 1. The van der Waals surface area contributed by atoms with Gasteiger partial charge in [-0.05, 0) is 48.9 Å². The maximum Gasteiger partial charge on any atom is 0.324 e. The number of carbonyl (C=O) groups excluding carboxylic acids is 1. The molecule has 0 unspecified atom stereocenters. The van der Waals surface area contributed by atoms with Gasteiger partial charge < -0.3 is 9.72 Å². The van der Waals surface area contributed by atoms with Gasteiger partial charge in [0.15, 0.2) is 0 Å². The van der Waals surface area contributed by atoms with Gasteiger partial charge in [-0.25, -0.2) is 4.79 Å². The van der Waals surface area contributed by atoms with E-state index in [4.69, 9.17) is 16.9 Å². The van der Waals surface area contributed by atoms with Crippen LogP contribution in [0, 0.1) is 18.3 Å². The monoisotopic (exact) mass is 324 g/mol. The van der Waals surface area contributed by atoms with Crippen molar-refractivity contribution in [1.82, 2.24) is 4.40 Å². The van der Waals surface area contributed by atoms with Gasteiger partial charge in [-0.1, -0.05) is 17.7 Å². The maximum absolute atomic E-state index is 12.2. The van der Waals surface area contributed by atoms with Gasteiger partial charge in [0.1, 0.15) is 11.9 Å². The standard InChI is InChI=1S/C17H13ClN4O/c1-11-7-8-22-15(11)3-2-4-16(22)21-17(23)20-13-6-5-12(10-19)14(18)9-13/h2-9H,1H3,(H2,20,21,23). The number of fused-ring (bicyclic) bond motifs is 1. The Morgan fingerprint density at radius 2 is 2.04 bits per heavy atom. The summed E-state index contributed by atoms with van der Waals surface area (Å²) < 4.78 is 1.90. The van der Waals surface area contributed by atoms with Crippen LogP contribution >= 0.6 is 11.6 Å². The molecule has 0 aliphatic heterocycles. The molecule has 6 heteroatoms. The fraction of sp³-hybridized carbons (Fsp3) is 0.0588. The van der Waals surface area contributed by atoms with Crippen molar-refractivity contribution in [2.75, 3.05) is 10.6 Å². The summed E-state index contributed by atoms with van der Waals surface area (Å²) in [7, 11) is 0. The second-order valence-electron chi connectivity index (χ2n) is 5.05. The molecule has 2 amide bonds. The molecule has 114 valence electrons. The molecule has 0 spiro atoms. The van der Waals surface area contributed by atoms with E-state index in [9.17, 15) is 4.79 Å². The number of amides is 2. The zero-order chi connectivity index (χ0) is 16.4. The molecule has 5 nitrogen and oxygen atoms in total. The second-order valence-corrected chi connectivity index (χ2v) is 5.46. The molecule has 0 atom stereocenters. The molecular formula is C17H13ClN4O. The highest BCUT2D eigenvalue weighted by atomic mass is 35.5. The highest BCUT2D eigenvalue weighted by molar-refractivity contribution is 6.32. The number of urea groups is 1. The van der Waals surface area contributed by atoms with Crippen molar-refractivity contribution >= 4 is 34.7 Å². The summed E-state index contributed by atoms with van der Waals surface area (Å²) in [5.41, 5.74) is 3.05. The molecule has 0 bridgehead atoms. The lowest BCUT2D eigenvalue weighted by molar-refractivity contribution is 0.262. The van der Waals surface area contributed by atoms with Crippen molar-refractivity contribution in [1.29, 1.82) is 5.26 Å². The normalized spacial score (nSPS) is 10.3. The summed E-state index contributed by atoms with van der Waals surface area (Å²) in [6.07, 6.45) is 1.90. The number of anilines is 2. The van der Waals surface area contributed by atoms with Crippen molar-refractivity contribution < 1.29 is 4.79 Å². The number of carbonyl (C=O) groups is 1. The number of nitrogens with one attached hydrogen (secondary N) is 2. The van der Waals surface area contributed by atoms with Crippen LogP contribution in [0.3, 0.4) is 0 Å². The van der Waals surface area contributed by atoms with Crippen LogP contribution < -0.4 is 10.6 Å². The summed E-state index contributed by atoms with van der Waals surface area (Å²) >= 11 is 5.96. The van der Waals surface area contributed by atoms with Gasteiger partial charge in [-0.15, -0.1) is 0 Å². The maximum atomic E-state index is 12.2. The molecule has 2 aromatic heterocycles. The van der Waals surface area contributed by atoms with E-state index in [0.717, 1.165) is 11.1 Å². The van der Waals surface area contributed by atoms with E-state index in [-0.39, 0.29) is 6.03 Å². The fourth-order valence-corrected chi connectivity index (χ4v) is 2.56. The fourth-order valence-electron chi connectivity index (χ4n) is 2.34. The Balaban J connectivity index is 1.79. The van der Waals surface area contributed by atoms with Crippen molar-refractivity contribution in [3.05, 3.63) is 64.8 Å². The van der Waals surface area contributed by atoms with Crippen molar-refractivity contribution in [3.8, 4) is 6.07 Å². The van der Waals surface area contributed by atoms with Crippen LogP contribution in [-0.4, -0.2) is 10.4 Å². The summed E-state index contributed by atoms with van der Waals surface area (Å²) in [4.78, 5) is 12.2. The van der Waals surface area contributed by atoms with Crippen molar-refractivity contribution in [2.45, 2.75) is 6.92 Å². The molecule has 0 saturated heterocycles. The van der Waals surface area contributed by atoms with Crippen LogP contribution in [-0.2, 0) is 0 Å². The number of nitriles is 1. The molecule has 23 heavy (non-hydrogen) atoms. The zero-order valence-corrected chi connectivity index (χ0v) is 13.1. The number of pyridine rings is 1. The lowest BCUT2D eigenvalue weighted by Crippen LogP contribution is -2.20. The molecular weight excluding hydrogens is 312 g/mol. The lowest BCUT2D eigenvalue weighted by atomic mass is 10.2. The van der Waals surface area contributed by atoms with Crippen molar-refractivity contribution in [2.24, 2.45) is 0 Å².